The van der Waals surface area contributed by atoms with Crippen molar-refractivity contribution in [2.24, 2.45) is 5.73 Å². The van der Waals surface area contributed by atoms with Gasteiger partial charge in [-0.1, -0.05) is 0 Å². The molecule has 1 heterocycles. The molecule has 3 N–H and O–H groups in total. The van der Waals surface area contributed by atoms with E-state index in [0.717, 1.165) is 0 Å². The number of alkyl carbamates (subject to hydrolysis) is 1. The van der Waals surface area contributed by atoms with Gasteiger partial charge in [-0.2, -0.15) is 0 Å². The Kier molecular flexibility index (Phi) is 2.90. The molecule has 6 heteroatoms. The van der Waals surface area contributed by atoms with E-state index in [4.69, 9.17) is 15.2 Å². The summed E-state index contributed by atoms with van der Waals surface area (Å²) in [6.45, 7) is 5.41. The molecule has 0 radical (unpaired) electrons. The summed E-state index contributed by atoms with van der Waals surface area (Å²) in [5.41, 5.74) is 3.46. The van der Waals surface area contributed by atoms with Crippen LogP contribution < -0.4 is 11.1 Å². The number of carbonyl (C=O) groups is 2. The van der Waals surface area contributed by atoms with Crippen LogP contribution in [0.25, 0.3) is 0 Å². The smallest absolute Gasteiger partial charge is 0.408 e. The topological polar surface area (TPSA) is 90.6 Å². The van der Waals surface area contributed by atoms with E-state index in [1.807, 2.05) is 0 Å². The van der Waals surface area contributed by atoms with Crippen molar-refractivity contribution in [3.63, 3.8) is 0 Å². The number of hydrogen-bond acceptors (Lipinski definition) is 4. The molecule has 0 bridgehead atoms. The van der Waals surface area contributed by atoms with Gasteiger partial charge in [0.15, 0.2) is 5.54 Å². The molecule has 0 aromatic carbocycles. The Balaban J connectivity index is 2.54. The largest absolute Gasteiger partial charge is 0.444 e. The van der Waals surface area contributed by atoms with Crippen molar-refractivity contribution in [1.82, 2.24) is 5.32 Å². The maximum atomic E-state index is 11.4. The quantitative estimate of drug-likeness (QED) is 0.666. The highest BCUT2D eigenvalue weighted by Crippen LogP contribution is 2.17. The third kappa shape index (κ3) is 2.82. The molecule has 0 spiro atoms. The lowest BCUT2D eigenvalue weighted by atomic mass is 9.97. The molecule has 1 fully saturated rings. The summed E-state index contributed by atoms with van der Waals surface area (Å²) in [6.07, 6.45) is -0.662. The van der Waals surface area contributed by atoms with Gasteiger partial charge in [0.25, 0.3) is 0 Å². The molecule has 1 aliphatic heterocycles. The lowest BCUT2D eigenvalue weighted by Crippen LogP contribution is -2.69. The van der Waals surface area contributed by atoms with E-state index in [1.54, 1.807) is 20.8 Å². The summed E-state index contributed by atoms with van der Waals surface area (Å²) in [7, 11) is 0. The molecule has 1 aliphatic rings. The lowest BCUT2D eigenvalue weighted by molar-refractivity contribution is -0.144. The van der Waals surface area contributed by atoms with Crippen LogP contribution in [0.1, 0.15) is 20.8 Å². The zero-order valence-corrected chi connectivity index (χ0v) is 9.12. The number of amides is 2. The number of hydrogen-bond donors (Lipinski definition) is 2. The van der Waals surface area contributed by atoms with Crippen molar-refractivity contribution < 1.29 is 19.1 Å². The van der Waals surface area contributed by atoms with Gasteiger partial charge in [0.1, 0.15) is 5.60 Å². The molecule has 1 saturated heterocycles. The van der Waals surface area contributed by atoms with Crippen molar-refractivity contribution in [2.45, 2.75) is 31.9 Å². The SMILES string of the molecule is CC(C)(C)OC(=O)NC1(C(N)=O)COC1. The summed E-state index contributed by atoms with van der Waals surface area (Å²) >= 11 is 0. The summed E-state index contributed by atoms with van der Waals surface area (Å²) in [6, 6.07) is 0. The number of rotatable bonds is 2. The second-order valence-electron chi connectivity index (χ2n) is 4.57. The first-order valence-corrected chi connectivity index (χ1v) is 4.64. The van der Waals surface area contributed by atoms with Gasteiger partial charge >= 0.3 is 6.09 Å². The van der Waals surface area contributed by atoms with Crippen molar-refractivity contribution >= 4 is 12.0 Å². The molecule has 0 saturated carbocycles. The first kappa shape index (κ1) is 11.8. The van der Waals surface area contributed by atoms with Gasteiger partial charge in [-0.15, -0.1) is 0 Å². The Morgan fingerprint density at radius 2 is 1.93 bits per heavy atom. The lowest BCUT2D eigenvalue weighted by Gasteiger charge is -2.39. The predicted octanol–water partition coefficient (Wildman–Crippen LogP) is -0.235. The van der Waals surface area contributed by atoms with Crippen LogP contribution in [0.4, 0.5) is 4.79 Å². The highest BCUT2D eigenvalue weighted by Gasteiger charge is 2.46. The zero-order chi connectivity index (χ0) is 11.7. The Bertz CT molecular complexity index is 278. The van der Waals surface area contributed by atoms with E-state index >= 15 is 0 Å². The van der Waals surface area contributed by atoms with Crippen molar-refractivity contribution in [2.75, 3.05) is 13.2 Å². The molecule has 1 rings (SSSR count). The summed E-state index contributed by atoms with van der Waals surface area (Å²) in [5.74, 6) is -0.611. The molecule has 15 heavy (non-hydrogen) atoms. The van der Waals surface area contributed by atoms with E-state index in [-0.39, 0.29) is 13.2 Å². The molecular formula is C9H16N2O4. The maximum Gasteiger partial charge on any atom is 0.408 e. The van der Waals surface area contributed by atoms with Gasteiger partial charge in [0.2, 0.25) is 5.91 Å². The standard InChI is InChI=1S/C9H16N2O4/c1-8(2,3)15-7(13)11-9(6(10)12)4-14-5-9/h4-5H2,1-3H3,(H2,10,12)(H,11,13). The van der Waals surface area contributed by atoms with Gasteiger partial charge in [0.05, 0.1) is 13.2 Å². The number of nitrogens with one attached hydrogen (secondary N) is 1. The fourth-order valence-corrected chi connectivity index (χ4v) is 1.08. The van der Waals surface area contributed by atoms with E-state index < -0.39 is 23.1 Å². The number of ether oxygens (including phenoxy) is 2. The van der Waals surface area contributed by atoms with Gasteiger partial charge in [-0.25, -0.2) is 4.79 Å². The third-order valence-electron chi connectivity index (χ3n) is 1.91. The minimum Gasteiger partial charge on any atom is -0.444 e. The molecule has 0 aromatic rings. The Labute approximate surface area is 88.1 Å². The summed E-state index contributed by atoms with van der Waals surface area (Å²) in [4.78, 5) is 22.5. The van der Waals surface area contributed by atoms with Gasteiger partial charge < -0.3 is 20.5 Å². The molecule has 2 amide bonds. The van der Waals surface area contributed by atoms with Gasteiger partial charge in [0, 0.05) is 0 Å². The van der Waals surface area contributed by atoms with Crippen LogP contribution in [0.5, 0.6) is 0 Å². The minimum atomic E-state index is -1.09. The molecule has 6 nitrogen and oxygen atoms in total. The van der Waals surface area contributed by atoms with E-state index in [0.29, 0.717) is 0 Å². The van der Waals surface area contributed by atoms with Crippen LogP contribution >= 0.6 is 0 Å². The first-order valence-electron chi connectivity index (χ1n) is 4.64. The van der Waals surface area contributed by atoms with Crippen molar-refractivity contribution in [3.8, 4) is 0 Å². The predicted molar refractivity (Wildman–Crippen MR) is 52.1 cm³/mol. The summed E-state index contributed by atoms with van der Waals surface area (Å²) < 4.78 is 9.87. The molecular weight excluding hydrogens is 200 g/mol. The number of primary amides is 1. The number of carbonyl (C=O) groups excluding carboxylic acids is 2. The van der Waals surface area contributed by atoms with Crippen molar-refractivity contribution in [3.05, 3.63) is 0 Å². The van der Waals surface area contributed by atoms with Crippen LogP contribution in [0.3, 0.4) is 0 Å². The highest BCUT2D eigenvalue weighted by atomic mass is 16.6. The second-order valence-corrected chi connectivity index (χ2v) is 4.57. The Hall–Kier alpha value is -1.30. The monoisotopic (exact) mass is 216 g/mol. The van der Waals surface area contributed by atoms with Crippen LogP contribution in [0, 0.1) is 0 Å². The van der Waals surface area contributed by atoms with Crippen LogP contribution in [0.2, 0.25) is 0 Å². The fraction of sp³-hybridized carbons (Fsp3) is 0.778. The normalized spacial score (nSPS) is 18.9. The van der Waals surface area contributed by atoms with Gasteiger partial charge in [-0.3, -0.25) is 4.79 Å². The maximum absolute atomic E-state index is 11.4. The first-order chi connectivity index (χ1) is 6.75. The third-order valence-corrected chi connectivity index (χ3v) is 1.91. The molecule has 0 aliphatic carbocycles. The minimum absolute atomic E-state index is 0.0988. The van der Waals surface area contributed by atoms with Crippen molar-refractivity contribution in [1.29, 1.82) is 0 Å². The Morgan fingerprint density at radius 1 is 1.40 bits per heavy atom. The number of nitrogens with two attached hydrogens (primary N) is 1. The fourth-order valence-electron chi connectivity index (χ4n) is 1.08. The van der Waals surface area contributed by atoms with E-state index in [9.17, 15) is 9.59 Å². The average molecular weight is 216 g/mol. The van der Waals surface area contributed by atoms with E-state index in [2.05, 4.69) is 5.32 Å². The Morgan fingerprint density at radius 3 is 2.20 bits per heavy atom. The molecule has 0 atom stereocenters. The average Bonchev–Trinajstić information content (AvgIpc) is 1.92. The van der Waals surface area contributed by atoms with E-state index in [1.165, 1.54) is 0 Å². The molecule has 86 valence electrons. The van der Waals surface area contributed by atoms with Crippen LogP contribution in [-0.2, 0) is 14.3 Å². The van der Waals surface area contributed by atoms with Gasteiger partial charge in [-0.05, 0) is 20.8 Å². The highest BCUT2D eigenvalue weighted by molar-refractivity contribution is 5.89. The molecule has 0 unspecified atom stereocenters. The van der Waals surface area contributed by atoms with Crippen LogP contribution in [-0.4, -0.2) is 36.4 Å². The second kappa shape index (κ2) is 3.69. The van der Waals surface area contributed by atoms with Crippen LogP contribution in [0.15, 0.2) is 0 Å². The summed E-state index contributed by atoms with van der Waals surface area (Å²) in [5, 5.41) is 2.43. The zero-order valence-electron chi connectivity index (χ0n) is 9.12. The molecule has 0 aromatic heterocycles.